The fraction of sp³-hybridized carbons (Fsp3) is 0.208. The molecule has 2 aromatic carbocycles. The number of fused-ring (bicyclic) bond motifs is 2. The first-order valence-electron chi connectivity index (χ1n) is 10.4. The Morgan fingerprint density at radius 3 is 2.67 bits per heavy atom. The molecule has 3 atom stereocenters. The third-order valence-electron chi connectivity index (χ3n) is 6.67. The Bertz CT molecular complexity index is 1280. The van der Waals surface area contributed by atoms with E-state index in [4.69, 9.17) is 11.6 Å². The van der Waals surface area contributed by atoms with Gasteiger partial charge in [0, 0.05) is 58.8 Å². The number of anilines is 1. The molecule has 9 heteroatoms. The SMILES string of the molecule is CN1CC(c2ccc([N+](=O)[O-])cc2)C(C(=O)c2cccnc2)C12C(=O)Nc1ccc(Cl)cc12. The van der Waals surface area contributed by atoms with Crippen LogP contribution in [-0.2, 0) is 10.3 Å². The van der Waals surface area contributed by atoms with Crippen molar-refractivity contribution in [3.05, 3.63) is 98.8 Å². The molecule has 1 N–H and O–H groups in total. The molecule has 5 rings (SSSR count). The smallest absolute Gasteiger partial charge is 0.269 e. The number of non-ortho nitro benzene ring substituents is 1. The van der Waals surface area contributed by atoms with Crippen LogP contribution in [0.25, 0.3) is 0 Å². The quantitative estimate of drug-likeness (QED) is 0.356. The molecule has 2 aliphatic rings. The number of benzene rings is 2. The number of ketones is 1. The summed E-state index contributed by atoms with van der Waals surface area (Å²) in [6, 6.07) is 14.7. The second-order valence-electron chi connectivity index (χ2n) is 8.33. The van der Waals surface area contributed by atoms with Gasteiger partial charge in [-0.15, -0.1) is 0 Å². The maximum Gasteiger partial charge on any atom is 0.269 e. The lowest BCUT2D eigenvalue weighted by Gasteiger charge is -2.35. The Labute approximate surface area is 194 Å². The van der Waals surface area contributed by atoms with E-state index in [0.717, 1.165) is 5.56 Å². The Morgan fingerprint density at radius 1 is 1.24 bits per heavy atom. The number of nitro benzene ring substituents is 1. The number of carbonyl (C=O) groups is 2. The number of likely N-dealkylation sites (tertiary alicyclic amines) is 1. The number of halogens is 1. The molecular weight excluding hydrogens is 444 g/mol. The second-order valence-corrected chi connectivity index (χ2v) is 8.77. The van der Waals surface area contributed by atoms with E-state index in [1.165, 1.54) is 18.3 Å². The van der Waals surface area contributed by atoms with Crippen LogP contribution in [0.2, 0.25) is 5.02 Å². The lowest BCUT2D eigenvalue weighted by molar-refractivity contribution is -0.384. The van der Waals surface area contributed by atoms with E-state index in [0.29, 0.717) is 28.4 Å². The molecule has 1 saturated heterocycles. The number of Topliss-reactive ketones (excluding diaryl/α,β-unsaturated/α-hetero) is 1. The molecule has 3 heterocycles. The number of nitrogens with one attached hydrogen (secondary N) is 1. The lowest BCUT2D eigenvalue weighted by Crippen LogP contribution is -2.51. The van der Waals surface area contributed by atoms with Crippen molar-refractivity contribution in [2.75, 3.05) is 18.9 Å². The van der Waals surface area contributed by atoms with Gasteiger partial charge in [-0.2, -0.15) is 0 Å². The van der Waals surface area contributed by atoms with E-state index >= 15 is 0 Å². The predicted molar refractivity (Wildman–Crippen MR) is 122 cm³/mol. The summed E-state index contributed by atoms with van der Waals surface area (Å²) in [5, 5.41) is 14.5. The monoisotopic (exact) mass is 462 g/mol. The molecule has 2 aliphatic heterocycles. The molecule has 33 heavy (non-hydrogen) atoms. The number of aromatic nitrogens is 1. The number of rotatable bonds is 4. The van der Waals surface area contributed by atoms with E-state index in [9.17, 15) is 19.7 Å². The van der Waals surface area contributed by atoms with E-state index in [1.54, 1.807) is 48.7 Å². The van der Waals surface area contributed by atoms with Crippen molar-refractivity contribution in [3.8, 4) is 0 Å². The van der Waals surface area contributed by atoms with Crippen LogP contribution in [0.5, 0.6) is 0 Å². The number of hydrogen-bond donors (Lipinski definition) is 1. The molecule has 1 spiro atoms. The summed E-state index contributed by atoms with van der Waals surface area (Å²) in [5.41, 5.74) is 1.09. The Kier molecular flexibility index (Phi) is 4.99. The summed E-state index contributed by atoms with van der Waals surface area (Å²) in [7, 11) is 1.81. The summed E-state index contributed by atoms with van der Waals surface area (Å²) >= 11 is 6.31. The minimum Gasteiger partial charge on any atom is -0.324 e. The van der Waals surface area contributed by atoms with Gasteiger partial charge in [0.25, 0.3) is 5.69 Å². The van der Waals surface area contributed by atoms with Crippen LogP contribution in [0, 0.1) is 16.0 Å². The van der Waals surface area contributed by atoms with E-state index in [1.807, 2.05) is 11.9 Å². The standard InChI is InChI=1S/C24H19ClN4O4/c1-28-13-18(14-4-7-17(8-5-14)29(32)33)21(22(30)15-3-2-10-26-12-15)24(28)19-11-16(25)6-9-20(19)27-23(24)31/h2-12,18,21H,13H2,1H3,(H,27,31). The first kappa shape index (κ1) is 21.2. The average molecular weight is 463 g/mol. The summed E-state index contributed by atoms with van der Waals surface area (Å²) in [6.45, 7) is 0.397. The van der Waals surface area contributed by atoms with Crippen LogP contribution >= 0.6 is 11.6 Å². The number of carbonyl (C=O) groups excluding carboxylic acids is 2. The molecule has 0 radical (unpaired) electrons. The molecular formula is C24H19ClN4O4. The first-order valence-corrected chi connectivity index (χ1v) is 10.7. The number of hydrogen-bond acceptors (Lipinski definition) is 6. The summed E-state index contributed by atoms with van der Waals surface area (Å²) in [6.07, 6.45) is 3.07. The molecule has 0 saturated carbocycles. The molecule has 0 bridgehead atoms. The topological polar surface area (TPSA) is 105 Å². The maximum atomic E-state index is 14.0. The van der Waals surface area contributed by atoms with Crippen molar-refractivity contribution in [1.82, 2.24) is 9.88 Å². The zero-order valence-electron chi connectivity index (χ0n) is 17.6. The number of pyridine rings is 1. The van der Waals surface area contributed by atoms with Crippen LogP contribution in [0.15, 0.2) is 67.0 Å². The van der Waals surface area contributed by atoms with Crippen molar-refractivity contribution in [1.29, 1.82) is 0 Å². The van der Waals surface area contributed by atoms with Gasteiger partial charge in [0.2, 0.25) is 5.91 Å². The van der Waals surface area contributed by atoms with Gasteiger partial charge in [-0.3, -0.25) is 29.6 Å². The molecule has 1 aromatic heterocycles. The zero-order chi connectivity index (χ0) is 23.3. The van der Waals surface area contributed by atoms with Crippen molar-refractivity contribution in [2.24, 2.45) is 5.92 Å². The van der Waals surface area contributed by atoms with Gasteiger partial charge in [-0.05, 0) is 42.9 Å². The third kappa shape index (κ3) is 3.13. The zero-order valence-corrected chi connectivity index (χ0v) is 18.3. The summed E-state index contributed by atoms with van der Waals surface area (Å²) < 4.78 is 0. The Hall–Kier alpha value is -3.62. The lowest BCUT2D eigenvalue weighted by atomic mass is 9.70. The summed E-state index contributed by atoms with van der Waals surface area (Å²) in [4.78, 5) is 44.2. The van der Waals surface area contributed by atoms with Gasteiger partial charge in [0.1, 0.15) is 5.54 Å². The normalized spacial score (nSPS) is 24.0. The molecule has 1 amide bonds. The highest BCUT2D eigenvalue weighted by atomic mass is 35.5. The number of amides is 1. The highest BCUT2D eigenvalue weighted by Gasteiger charge is 2.64. The molecule has 1 fully saturated rings. The Morgan fingerprint density at radius 2 is 2.00 bits per heavy atom. The molecule has 8 nitrogen and oxygen atoms in total. The fourth-order valence-electron chi connectivity index (χ4n) is 5.24. The van der Waals surface area contributed by atoms with Crippen LogP contribution in [0.1, 0.15) is 27.4 Å². The van der Waals surface area contributed by atoms with Gasteiger partial charge < -0.3 is 5.32 Å². The van der Waals surface area contributed by atoms with E-state index in [2.05, 4.69) is 10.3 Å². The van der Waals surface area contributed by atoms with Crippen molar-refractivity contribution >= 4 is 34.7 Å². The van der Waals surface area contributed by atoms with Gasteiger partial charge in [-0.1, -0.05) is 23.7 Å². The molecule has 0 aliphatic carbocycles. The Balaban J connectivity index is 1.71. The summed E-state index contributed by atoms with van der Waals surface area (Å²) in [5.74, 6) is -1.71. The molecule has 3 unspecified atom stereocenters. The first-order chi connectivity index (χ1) is 15.8. The van der Waals surface area contributed by atoms with Gasteiger partial charge in [0.05, 0.1) is 10.8 Å². The average Bonchev–Trinajstić information content (AvgIpc) is 3.29. The third-order valence-corrected chi connectivity index (χ3v) is 6.91. The van der Waals surface area contributed by atoms with Crippen LogP contribution in [0.3, 0.4) is 0 Å². The van der Waals surface area contributed by atoms with Crippen molar-refractivity contribution < 1.29 is 14.5 Å². The minimum atomic E-state index is -1.28. The van der Waals surface area contributed by atoms with Gasteiger partial charge in [0.15, 0.2) is 5.78 Å². The largest absolute Gasteiger partial charge is 0.324 e. The molecule has 3 aromatic rings. The number of nitro groups is 1. The fourth-order valence-corrected chi connectivity index (χ4v) is 5.42. The number of nitrogens with zero attached hydrogens (tertiary/aromatic N) is 3. The number of likely N-dealkylation sites (N-methyl/N-ethyl adjacent to an activating group) is 1. The highest BCUT2D eigenvalue weighted by Crippen LogP contribution is 2.56. The molecule has 166 valence electrons. The van der Waals surface area contributed by atoms with Crippen LogP contribution < -0.4 is 5.32 Å². The van der Waals surface area contributed by atoms with Crippen molar-refractivity contribution in [3.63, 3.8) is 0 Å². The van der Waals surface area contributed by atoms with Crippen molar-refractivity contribution in [2.45, 2.75) is 11.5 Å². The van der Waals surface area contributed by atoms with Crippen LogP contribution in [-0.4, -0.2) is 40.1 Å². The minimum absolute atomic E-state index is 0.0364. The van der Waals surface area contributed by atoms with Gasteiger partial charge in [-0.25, -0.2) is 0 Å². The second kappa shape index (κ2) is 7.75. The van der Waals surface area contributed by atoms with E-state index in [-0.39, 0.29) is 23.3 Å². The van der Waals surface area contributed by atoms with E-state index < -0.39 is 16.4 Å². The maximum absolute atomic E-state index is 14.0. The highest BCUT2D eigenvalue weighted by molar-refractivity contribution is 6.31. The van der Waals surface area contributed by atoms with Crippen LogP contribution in [0.4, 0.5) is 11.4 Å². The predicted octanol–water partition coefficient (Wildman–Crippen LogP) is 4.02. The van der Waals surface area contributed by atoms with Gasteiger partial charge >= 0.3 is 0 Å².